The van der Waals surface area contributed by atoms with E-state index in [1.807, 2.05) is 0 Å². The first-order valence-electron chi connectivity index (χ1n) is 10.1. The average Bonchev–Trinajstić information content (AvgIpc) is 3.25. The molecule has 4 atom stereocenters. The van der Waals surface area contributed by atoms with Gasteiger partial charge in [0.15, 0.2) is 0 Å². The van der Waals surface area contributed by atoms with Gasteiger partial charge >= 0.3 is 11.9 Å². The summed E-state index contributed by atoms with van der Waals surface area (Å²) >= 11 is 0. The van der Waals surface area contributed by atoms with Gasteiger partial charge in [0.05, 0.1) is 19.1 Å². The van der Waals surface area contributed by atoms with Crippen LogP contribution in [0.5, 0.6) is 0 Å². The SMILES string of the molecule is NCCCCC(NC(=O)C(CC(=O)O)NC(=O)C(CO)NC(=O)C1CCCN1)C(=O)O. The van der Waals surface area contributed by atoms with Crippen LogP contribution in [0.25, 0.3) is 0 Å². The number of nitrogens with two attached hydrogens (primary N) is 1. The van der Waals surface area contributed by atoms with Crippen LogP contribution in [0, 0.1) is 0 Å². The molecule has 0 aromatic rings. The molecule has 0 aliphatic carbocycles. The molecule has 31 heavy (non-hydrogen) atoms. The van der Waals surface area contributed by atoms with Crippen molar-refractivity contribution in [2.75, 3.05) is 19.7 Å². The van der Waals surface area contributed by atoms with Crippen LogP contribution in [0.15, 0.2) is 0 Å². The Bertz CT molecular complexity index is 653. The Morgan fingerprint density at radius 3 is 2.13 bits per heavy atom. The van der Waals surface area contributed by atoms with Gasteiger partial charge in [-0.05, 0) is 45.2 Å². The van der Waals surface area contributed by atoms with Gasteiger partial charge in [-0.3, -0.25) is 19.2 Å². The highest BCUT2D eigenvalue weighted by Gasteiger charge is 2.32. The standard InChI is InChI=1S/C18H31N5O8/c19-6-2-1-4-11(18(30)31)21-16(28)12(8-14(25)26)22-17(29)13(9-24)23-15(27)10-5-3-7-20-10/h10-13,20,24H,1-9,19H2,(H,21,28)(H,22,29)(H,23,27)(H,25,26)(H,30,31). The van der Waals surface area contributed by atoms with E-state index in [1.165, 1.54) is 0 Å². The first kappa shape index (κ1) is 26.3. The monoisotopic (exact) mass is 445 g/mol. The Kier molecular flexibility index (Phi) is 11.5. The number of carbonyl (C=O) groups is 5. The molecule has 1 aliphatic rings. The number of carboxylic acid groups (broad SMARTS) is 2. The van der Waals surface area contributed by atoms with E-state index < -0.39 is 66.9 Å². The van der Waals surface area contributed by atoms with Gasteiger partial charge in [0, 0.05) is 0 Å². The van der Waals surface area contributed by atoms with Crippen LogP contribution in [0.3, 0.4) is 0 Å². The third kappa shape index (κ3) is 9.27. The van der Waals surface area contributed by atoms with Gasteiger partial charge < -0.3 is 42.3 Å². The van der Waals surface area contributed by atoms with Crippen molar-refractivity contribution in [3.05, 3.63) is 0 Å². The largest absolute Gasteiger partial charge is 0.481 e. The highest BCUT2D eigenvalue weighted by molar-refractivity contribution is 5.95. The van der Waals surface area contributed by atoms with Crippen molar-refractivity contribution < 1.29 is 39.3 Å². The normalized spacial score (nSPS) is 18.5. The Hall–Kier alpha value is -2.77. The molecule has 0 aromatic carbocycles. The number of nitrogens with one attached hydrogen (secondary N) is 4. The van der Waals surface area contributed by atoms with Crippen molar-refractivity contribution in [3.63, 3.8) is 0 Å². The predicted octanol–water partition coefficient (Wildman–Crippen LogP) is -3.13. The lowest BCUT2D eigenvalue weighted by molar-refractivity contribution is -0.144. The van der Waals surface area contributed by atoms with E-state index in [-0.39, 0.29) is 6.42 Å². The maximum Gasteiger partial charge on any atom is 0.326 e. The third-order valence-electron chi connectivity index (χ3n) is 4.77. The molecule has 1 aliphatic heterocycles. The molecule has 4 unspecified atom stereocenters. The fraction of sp³-hybridized carbons (Fsp3) is 0.722. The van der Waals surface area contributed by atoms with E-state index in [0.29, 0.717) is 32.4 Å². The number of hydrogen-bond acceptors (Lipinski definition) is 8. The molecule has 0 radical (unpaired) electrons. The molecule has 0 bridgehead atoms. The van der Waals surface area contributed by atoms with Crippen molar-refractivity contribution in [1.29, 1.82) is 0 Å². The van der Waals surface area contributed by atoms with Gasteiger partial charge in [-0.2, -0.15) is 0 Å². The predicted molar refractivity (Wildman–Crippen MR) is 107 cm³/mol. The summed E-state index contributed by atoms with van der Waals surface area (Å²) in [7, 11) is 0. The minimum Gasteiger partial charge on any atom is -0.481 e. The number of hydrogen-bond donors (Lipinski definition) is 8. The average molecular weight is 445 g/mol. The second-order valence-corrected chi connectivity index (χ2v) is 7.24. The summed E-state index contributed by atoms with van der Waals surface area (Å²) in [5, 5.41) is 37.4. The van der Waals surface area contributed by atoms with Crippen LogP contribution in [-0.2, 0) is 24.0 Å². The number of carbonyl (C=O) groups excluding carboxylic acids is 3. The second-order valence-electron chi connectivity index (χ2n) is 7.24. The number of amides is 3. The number of aliphatic carboxylic acids is 2. The Morgan fingerprint density at radius 1 is 0.968 bits per heavy atom. The molecule has 1 rings (SSSR count). The van der Waals surface area contributed by atoms with Gasteiger partial charge in [-0.15, -0.1) is 0 Å². The number of aliphatic hydroxyl groups is 1. The Labute approximate surface area is 179 Å². The molecular formula is C18H31N5O8. The molecular weight excluding hydrogens is 414 g/mol. The van der Waals surface area contributed by atoms with Gasteiger partial charge in [0.1, 0.15) is 18.1 Å². The first-order chi connectivity index (χ1) is 14.7. The lowest BCUT2D eigenvalue weighted by Gasteiger charge is -2.23. The third-order valence-corrected chi connectivity index (χ3v) is 4.77. The van der Waals surface area contributed by atoms with E-state index in [1.54, 1.807) is 0 Å². The van der Waals surface area contributed by atoms with Crippen LogP contribution >= 0.6 is 0 Å². The summed E-state index contributed by atoms with van der Waals surface area (Å²) in [6, 6.07) is -4.80. The molecule has 0 spiro atoms. The minimum atomic E-state index is -1.60. The molecule has 13 heteroatoms. The smallest absolute Gasteiger partial charge is 0.326 e. The zero-order valence-electron chi connectivity index (χ0n) is 17.1. The van der Waals surface area contributed by atoms with Gasteiger partial charge in [-0.25, -0.2) is 4.79 Å². The topological polar surface area (TPSA) is 220 Å². The molecule has 1 saturated heterocycles. The number of unbranched alkanes of at least 4 members (excludes halogenated alkanes) is 1. The molecule has 0 saturated carbocycles. The molecule has 176 valence electrons. The summed E-state index contributed by atoms with van der Waals surface area (Å²) in [5.41, 5.74) is 5.36. The lowest BCUT2D eigenvalue weighted by Crippen LogP contribution is -2.58. The summed E-state index contributed by atoms with van der Waals surface area (Å²) in [6.07, 6.45) is 1.58. The van der Waals surface area contributed by atoms with E-state index in [2.05, 4.69) is 21.3 Å². The summed E-state index contributed by atoms with van der Waals surface area (Å²) in [4.78, 5) is 59.5. The van der Waals surface area contributed by atoms with Crippen molar-refractivity contribution in [1.82, 2.24) is 21.3 Å². The molecule has 1 fully saturated rings. The van der Waals surface area contributed by atoms with E-state index in [4.69, 9.17) is 10.8 Å². The van der Waals surface area contributed by atoms with E-state index in [0.717, 1.165) is 6.42 Å². The lowest BCUT2D eigenvalue weighted by atomic mass is 10.1. The van der Waals surface area contributed by atoms with Crippen molar-refractivity contribution >= 4 is 29.7 Å². The number of carboxylic acids is 2. The van der Waals surface area contributed by atoms with E-state index in [9.17, 15) is 34.2 Å². The van der Waals surface area contributed by atoms with Crippen LogP contribution in [-0.4, -0.2) is 88.8 Å². The zero-order valence-corrected chi connectivity index (χ0v) is 17.1. The van der Waals surface area contributed by atoms with Gasteiger partial charge in [-0.1, -0.05) is 0 Å². The fourth-order valence-electron chi connectivity index (χ4n) is 3.05. The van der Waals surface area contributed by atoms with Crippen LogP contribution < -0.4 is 27.0 Å². The highest BCUT2D eigenvalue weighted by atomic mass is 16.4. The van der Waals surface area contributed by atoms with E-state index >= 15 is 0 Å². The first-order valence-corrected chi connectivity index (χ1v) is 10.1. The van der Waals surface area contributed by atoms with Gasteiger partial charge in [0.25, 0.3) is 0 Å². The quantitative estimate of drug-likeness (QED) is 0.126. The van der Waals surface area contributed by atoms with Crippen molar-refractivity contribution in [3.8, 4) is 0 Å². The number of rotatable bonds is 14. The maximum absolute atomic E-state index is 12.5. The summed E-state index contributed by atoms with van der Waals surface area (Å²) in [6.45, 7) is 0.218. The Balaban J connectivity index is 2.77. The second kappa shape index (κ2) is 13.5. The maximum atomic E-state index is 12.5. The molecule has 0 aromatic heterocycles. The van der Waals surface area contributed by atoms with Crippen molar-refractivity contribution in [2.45, 2.75) is 62.7 Å². The fourth-order valence-corrected chi connectivity index (χ4v) is 3.05. The van der Waals surface area contributed by atoms with Crippen molar-refractivity contribution in [2.24, 2.45) is 5.73 Å². The van der Waals surface area contributed by atoms with Crippen LogP contribution in [0.4, 0.5) is 0 Å². The zero-order chi connectivity index (χ0) is 23.4. The summed E-state index contributed by atoms with van der Waals surface area (Å²) < 4.78 is 0. The van der Waals surface area contributed by atoms with Crippen LogP contribution in [0.1, 0.15) is 38.5 Å². The molecule has 13 nitrogen and oxygen atoms in total. The molecule has 9 N–H and O–H groups in total. The van der Waals surface area contributed by atoms with Gasteiger partial charge in [0.2, 0.25) is 17.7 Å². The summed E-state index contributed by atoms with van der Waals surface area (Å²) in [5.74, 6) is -5.19. The minimum absolute atomic E-state index is 0.0791. The highest BCUT2D eigenvalue weighted by Crippen LogP contribution is 2.06. The van der Waals surface area contributed by atoms with Crippen LogP contribution in [0.2, 0.25) is 0 Å². The number of aliphatic hydroxyl groups excluding tert-OH is 1. The Morgan fingerprint density at radius 2 is 1.61 bits per heavy atom. The molecule has 1 heterocycles. The molecule has 3 amide bonds.